The van der Waals surface area contributed by atoms with Crippen molar-refractivity contribution in [1.29, 1.82) is 0 Å². The number of amides is 2. The number of hydrogen-bond acceptors (Lipinski definition) is 5. The van der Waals surface area contributed by atoms with E-state index in [1.807, 2.05) is 12.1 Å². The highest BCUT2D eigenvalue weighted by molar-refractivity contribution is 5.91. The van der Waals surface area contributed by atoms with Gasteiger partial charge in [-0.1, -0.05) is 18.2 Å². The van der Waals surface area contributed by atoms with Crippen LogP contribution in [0.5, 0.6) is 5.75 Å². The molecule has 1 unspecified atom stereocenters. The summed E-state index contributed by atoms with van der Waals surface area (Å²) in [5.74, 6) is -0.502. The Morgan fingerprint density at radius 2 is 2.03 bits per heavy atom. The molecule has 2 N–H and O–H groups in total. The Kier molecular flexibility index (Phi) is 6.07. The minimum Gasteiger partial charge on any atom is -0.442 e. The normalized spacial score (nSPS) is 17.2. The largest absolute Gasteiger partial charge is 0.573 e. The van der Waals surface area contributed by atoms with Crippen molar-refractivity contribution in [3.8, 4) is 28.3 Å². The van der Waals surface area contributed by atoms with Crippen LogP contribution in [0.1, 0.15) is 24.5 Å². The molecule has 1 aromatic heterocycles. The number of aromatic nitrogens is 2. The molecule has 8 nitrogen and oxygen atoms in total. The van der Waals surface area contributed by atoms with Crippen molar-refractivity contribution in [1.82, 2.24) is 15.5 Å². The van der Waals surface area contributed by atoms with Gasteiger partial charge in [-0.15, -0.1) is 13.2 Å². The molecule has 0 bridgehead atoms. The second-order valence-electron chi connectivity index (χ2n) is 8.72. The smallest absolute Gasteiger partial charge is 0.442 e. The van der Waals surface area contributed by atoms with E-state index in [1.165, 1.54) is 24.0 Å². The molecule has 1 aliphatic carbocycles. The number of halogens is 3. The highest BCUT2D eigenvalue weighted by Crippen LogP contribution is 2.41. The summed E-state index contributed by atoms with van der Waals surface area (Å²) >= 11 is 0. The zero-order chi connectivity index (χ0) is 25.4. The van der Waals surface area contributed by atoms with Crippen molar-refractivity contribution in [2.45, 2.75) is 38.7 Å². The van der Waals surface area contributed by atoms with E-state index < -0.39 is 18.6 Å². The van der Waals surface area contributed by atoms with Gasteiger partial charge in [0.05, 0.1) is 24.5 Å². The van der Waals surface area contributed by atoms with E-state index in [1.54, 1.807) is 18.2 Å². The number of anilines is 1. The van der Waals surface area contributed by atoms with E-state index in [0.717, 1.165) is 28.8 Å². The molecule has 1 fully saturated rings. The van der Waals surface area contributed by atoms with Gasteiger partial charge in [0.15, 0.2) is 0 Å². The fourth-order valence-electron chi connectivity index (χ4n) is 4.68. The van der Waals surface area contributed by atoms with Crippen molar-refractivity contribution in [2.24, 2.45) is 0 Å². The number of benzene rings is 2. The topological polar surface area (TPSA) is 96.5 Å². The monoisotopic (exact) mass is 500 g/mol. The number of ether oxygens (including phenoxy) is 2. The molecule has 3 aromatic rings. The first-order valence-electron chi connectivity index (χ1n) is 11.5. The van der Waals surface area contributed by atoms with Crippen LogP contribution in [0.15, 0.2) is 42.5 Å². The number of hydrogen-bond donors (Lipinski definition) is 2. The number of nitrogens with one attached hydrogen (secondary N) is 2. The lowest BCUT2D eigenvalue weighted by atomic mass is 9.99. The van der Waals surface area contributed by atoms with Crippen molar-refractivity contribution in [2.75, 3.05) is 18.0 Å². The number of rotatable bonds is 5. The van der Waals surface area contributed by atoms with Gasteiger partial charge in [0, 0.05) is 29.3 Å². The maximum Gasteiger partial charge on any atom is 0.573 e. The fourth-order valence-corrected chi connectivity index (χ4v) is 4.68. The summed E-state index contributed by atoms with van der Waals surface area (Å²) in [4.78, 5) is 25.1. The van der Waals surface area contributed by atoms with Crippen LogP contribution in [0.3, 0.4) is 0 Å². The van der Waals surface area contributed by atoms with Gasteiger partial charge >= 0.3 is 12.5 Å². The standard InChI is InChI=1S/C25H23F3N4O4/c1-14(33)29-12-17-13-32(24(34)35-17)16-9-10-18-15(11-16)5-4-7-20-22(18)30-31-23(20)19-6-2-3-8-21(19)36-25(26,27)28/h2-3,6,8-11,17H,4-5,7,12-13H2,1H3,(H,29,33)(H,30,31). The van der Waals surface area contributed by atoms with Crippen LogP contribution >= 0.6 is 0 Å². The van der Waals surface area contributed by atoms with Crippen molar-refractivity contribution >= 4 is 17.7 Å². The van der Waals surface area contributed by atoms with Gasteiger partial charge in [-0.25, -0.2) is 4.79 Å². The van der Waals surface area contributed by atoms with Crippen LogP contribution in [0.25, 0.3) is 22.5 Å². The number of aryl methyl sites for hydroxylation is 1. The lowest BCUT2D eigenvalue weighted by molar-refractivity contribution is -0.274. The average Bonchev–Trinajstić information content (AvgIpc) is 3.35. The van der Waals surface area contributed by atoms with Gasteiger partial charge < -0.3 is 14.8 Å². The molecule has 2 aliphatic rings. The number of fused-ring (bicyclic) bond motifs is 3. The van der Waals surface area contributed by atoms with E-state index in [2.05, 4.69) is 20.3 Å². The quantitative estimate of drug-likeness (QED) is 0.534. The van der Waals surface area contributed by atoms with Crippen LogP contribution in [0, 0.1) is 0 Å². The minimum absolute atomic E-state index is 0.197. The zero-order valence-corrected chi connectivity index (χ0v) is 19.3. The van der Waals surface area contributed by atoms with Gasteiger partial charge in [-0.05, 0) is 49.1 Å². The van der Waals surface area contributed by atoms with E-state index in [4.69, 9.17) is 4.74 Å². The molecule has 1 atom stereocenters. The van der Waals surface area contributed by atoms with Gasteiger partial charge in [0.25, 0.3) is 0 Å². The highest BCUT2D eigenvalue weighted by Gasteiger charge is 2.34. The number of alkyl halides is 3. The lowest BCUT2D eigenvalue weighted by Gasteiger charge is -2.16. The van der Waals surface area contributed by atoms with Gasteiger partial charge in [0.2, 0.25) is 5.91 Å². The van der Waals surface area contributed by atoms with E-state index in [0.29, 0.717) is 30.8 Å². The summed E-state index contributed by atoms with van der Waals surface area (Å²) in [6.45, 7) is 1.95. The maximum atomic E-state index is 13.0. The summed E-state index contributed by atoms with van der Waals surface area (Å²) in [6.07, 6.45) is -3.68. The lowest BCUT2D eigenvalue weighted by Crippen LogP contribution is -2.33. The molecule has 1 saturated heterocycles. The number of cyclic esters (lactones) is 1. The molecule has 1 aliphatic heterocycles. The summed E-state index contributed by atoms with van der Waals surface area (Å²) < 4.78 is 48.5. The number of nitrogens with zero attached hydrogens (tertiary/aromatic N) is 2. The second-order valence-corrected chi connectivity index (χ2v) is 8.72. The Morgan fingerprint density at radius 3 is 2.81 bits per heavy atom. The summed E-state index contributed by atoms with van der Waals surface area (Å²) in [5, 5.41) is 10.0. The van der Waals surface area contributed by atoms with Gasteiger partial charge in [-0.2, -0.15) is 5.10 Å². The van der Waals surface area contributed by atoms with Crippen LogP contribution in [0.2, 0.25) is 0 Å². The third-order valence-corrected chi connectivity index (χ3v) is 6.23. The predicted octanol–water partition coefficient (Wildman–Crippen LogP) is 4.59. The third-order valence-electron chi connectivity index (χ3n) is 6.23. The van der Waals surface area contributed by atoms with Gasteiger partial charge in [0.1, 0.15) is 11.9 Å². The number of para-hydroxylation sites is 1. The van der Waals surface area contributed by atoms with Crippen molar-refractivity contribution < 1.29 is 32.2 Å². The number of aromatic amines is 1. The molecular formula is C25H23F3N4O4. The zero-order valence-electron chi connectivity index (χ0n) is 19.3. The molecule has 11 heteroatoms. The average molecular weight is 500 g/mol. The predicted molar refractivity (Wildman–Crippen MR) is 124 cm³/mol. The van der Waals surface area contributed by atoms with E-state index >= 15 is 0 Å². The van der Waals surface area contributed by atoms with E-state index in [-0.39, 0.29) is 23.8 Å². The summed E-state index contributed by atoms with van der Waals surface area (Å²) in [5.41, 5.74) is 4.77. The van der Waals surface area contributed by atoms with Crippen LogP contribution in [0.4, 0.5) is 23.7 Å². The van der Waals surface area contributed by atoms with E-state index in [9.17, 15) is 22.8 Å². The minimum atomic E-state index is -4.82. The van der Waals surface area contributed by atoms with Crippen molar-refractivity contribution in [3.63, 3.8) is 0 Å². The molecule has 5 rings (SSSR count). The number of carbonyl (C=O) groups excluding carboxylic acids is 2. The molecule has 0 spiro atoms. The van der Waals surface area contributed by atoms with Crippen molar-refractivity contribution in [3.05, 3.63) is 53.6 Å². The van der Waals surface area contributed by atoms with Crippen LogP contribution < -0.4 is 15.0 Å². The Labute approximate surface area is 204 Å². The fraction of sp³-hybridized carbons (Fsp3) is 0.320. The second kappa shape index (κ2) is 9.21. The van der Waals surface area contributed by atoms with Crippen LogP contribution in [-0.2, 0) is 22.4 Å². The molecule has 36 heavy (non-hydrogen) atoms. The molecule has 2 amide bonds. The number of carbonyl (C=O) groups is 2. The SMILES string of the molecule is CC(=O)NCC1CN(c2ccc3c(c2)CCCc2c(-c4ccccc4OC(F)(F)F)n[nH]c2-3)C(=O)O1. The molecule has 188 valence electrons. The third kappa shape index (κ3) is 4.73. The first-order chi connectivity index (χ1) is 17.2. The first kappa shape index (κ1) is 23.7. The summed E-state index contributed by atoms with van der Waals surface area (Å²) in [7, 11) is 0. The Morgan fingerprint density at radius 1 is 1.22 bits per heavy atom. The Balaban J connectivity index is 1.45. The molecule has 2 heterocycles. The van der Waals surface area contributed by atoms with Crippen LogP contribution in [-0.4, -0.2) is 47.8 Å². The number of H-pyrrole nitrogens is 1. The Bertz CT molecular complexity index is 1320. The first-order valence-corrected chi connectivity index (χ1v) is 11.5. The maximum absolute atomic E-state index is 13.0. The van der Waals surface area contributed by atoms with Gasteiger partial charge in [-0.3, -0.25) is 14.8 Å². The molecule has 0 saturated carbocycles. The highest BCUT2D eigenvalue weighted by atomic mass is 19.4. The molecule has 0 radical (unpaired) electrons. The summed E-state index contributed by atoms with van der Waals surface area (Å²) in [6, 6.07) is 11.6. The molecule has 2 aromatic carbocycles. The Hall–Kier alpha value is -4.02. The molecular weight excluding hydrogens is 477 g/mol.